The second-order valence-corrected chi connectivity index (χ2v) is 11.9. The van der Waals surface area contributed by atoms with Crippen molar-refractivity contribution in [2.24, 2.45) is 0 Å². The summed E-state index contributed by atoms with van der Waals surface area (Å²) < 4.78 is 28.7. The lowest BCUT2D eigenvalue weighted by Gasteiger charge is -2.33. The van der Waals surface area contributed by atoms with E-state index >= 15 is 0 Å². The number of hydrogen-bond donors (Lipinski definition) is 1. The highest BCUT2D eigenvalue weighted by molar-refractivity contribution is 7.92. The van der Waals surface area contributed by atoms with Crippen LogP contribution in [0, 0.1) is 6.92 Å². The van der Waals surface area contributed by atoms with E-state index in [9.17, 15) is 18.0 Å². The summed E-state index contributed by atoms with van der Waals surface area (Å²) in [5, 5.41) is 3.58. The van der Waals surface area contributed by atoms with Crippen molar-refractivity contribution < 1.29 is 18.0 Å². The van der Waals surface area contributed by atoms with Crippen molar-refractivity contribution in [3.63, 3.8) is 0 Å². The maximum atomic E-state index is 13.9. The maximum Gasteiger partial charge on any atom is 0.264 e. The number of benzene rings is 3. The average molecular weight is 577 g/mol. The molecule has 0 aliphatic rings. The number of hydrogen-bond acceptors (Lipinski definition) is 4. The van der Waals surface area contributed by atoms with Crippen LogP contribution < -0.4 is 9.62 Å². The van der Waals surface area contributed by atoms with Gasteiger partial charge in [-0.2, -0.15) is 0 Å². The van der Waals surface area contributed by atoms with Crippen LogP contribution in [0.5, 0.6) is 0 Å². The topological polar surface area (TPSA) is 86.8 Å². The van der Waals surface area contributed by atoms with Crippen molar-refractivity contribution in [1.82, 2.24) is 10.2 Å². The van der Waals surface area contributed by atoms with Gasteiger partial charge in [0, 0.05) is 22.6 Å². The highest BCUT2D eigenvalue weighted by Gasteiger charge is 2.33. The van der Waals surface area contributed by atoms with Gasteiger partial charge in [-0.15, -0.1) is 0 Å². The Labute approximate surface area is 234 Å². The predicted molar refractivity (Wildman–Crippen MR) is 152 cm³/mol. The number of carbonyl (C=O) groups excluding carboxylic acids is 2. The van der Waals surface area contributed by atoms with E-state index in [4.69, 9.17) is 23.2 Å². The molecule has 0 saturated heterocycles. The molecule has 0 saturated carbocycles. The molecule has 2 amide bonds. The van der Waals surface area contributed by atoms with Crippen molar-refractivity contribution in [2.75, 3.05) is 10.8 Å². The van der Waals surface area contributed by atoms with Gasteiger partial charge in [0.1, 0.15) is 12.6 Å². The molecule has 3 aromatic rings. The number of sulfonamides is 1. The highest BCUT2D eigenvalue weighted by atomic mass is 35.5. The molecule has 202 valence electrons. The zero-order chi connectivity index (χ0) is 28.0. The molecule has 0 aliphatic heterocycles. The molecule has 0 aliphatic carbocycles. The van der Waals surface area contributed by atoms with Crippen LogP contribution in [-0.4, -0.2) is 43.8 Å². The first-order valence-corrected chi connectivity index (χ1v) is 14.3. The number of nitrogens with zero attached hydrogens (tertiary/aromatic N) is 2. The van der Waals surface area contributed by atoms with Crippen LogP contribution in [0.15, 0.2) is 77.7 Å². The first-order valence-electron chi connectivity index (χ1n) is 12.1. The van der Waals surface area contributed by atoms with Gasteiger partial charge < -0.3 is 10.2 Å². The van der Waals surface area contributed by atoms with E-state index in [2.05, 4.69) is 5.32 Å². The van der Waals surface area contributed by atoms with Crippen molar-refractivity contribution in [3.05, 3.63) is 94.0 Å². The van der Waals surface area contributed by atoms with E-state index in [0.29, 0.717) is 26.9 Å². The molecule has 0 spiro atoms. The summed E-state index contributed by atoms with van der Waals surface area (Å²) in [6, 6.07) is 18.7. The Morgan fingerprint density at radius 3 is 2.16 bits per heavy atom. The molecule has 0 aromatic heterocycles. The van der Waals surface area contributed by atoms with Crippen LogP contribution in [0.4, 0.5) is 5.69 Å². The van der Waals surface area contributed by atoms with Gasteiger partial charge in [0.25, 0.3) is 10.0 Å². The van der Waals surface area contributed by atoms with Crippen LogP contribution in [0.25, 0.3) is 0 Å². The molecule has 1 N–H and O–H groups in total. The van der Waals surface area contributed by atoms with Crippen LogP contribution in [0.2, 0.25) is 10.0 Å². The second kappa shape index (κ2) is 12.7. The molecular weight excluding hydrogens is 545 g/mol. The molecule has 1 atom stereocenters. The lowest BCUT2D eigenvalue weighted by Crippen LogP contribution is -2.52. The van der Waals surface area contributed by atoms with E-state index in [1.54, 1.807) is 74.5 Å². The summed E-state index contributed by atoms with van der Waals surface area (Å²) in [5.41, 5.74) is 1.62. The van der Waals surface area contributed by atoms with Crippen LogP contribution in [-0.2, 0) is 26.2 Å². The minimum Gasteiger partial charge on any atom is -0.352 e. The third-order valence-electron chi connectivity index (χ3n) is 5.95. The van der Waals surface area contributed by atoms with Gasteiger partial charge in [0.05, 0.1) is 10.6 Å². The van der Waals surface area contributed by atoms with Gasteiger partial charge >= 0.3 is 0 Å². The fourth-order valence-corrected chi connectivity index (χ4v) is 5.87. The number of anilines is 1. The lowest BCUT2D eigenvalue weighted by molar-refractivity contribution is -0.139. The molecule has 3 aromatic carbocycles. The van der Waals surface area contributed by atoms with Gasteiger partial charge in [0.15, 0.2) is 0 Å². The Balaban J connectivity index is 2.05. The fraction of sp³-hybridized carbons (Fsp3) is 0.286. The number of nitrogens with one attached hydrogen (secondary N) is 1. The molecular formula is C28H31Cl2N3O4S. The van der Waals surface area contributed by atoms with E-state index in [0.717, 1.165) is 4.31 Å². The largest absolute Gasteiger partial charge is 0.352 e. The average Bonchev–Trinajstić information content (AvgIpc) is 2.87. The summed E-state index contributed by atoms with van der Waals surface area (Å²) in [5.74, 6) is -0.933. The Morgan fingerprint density at radius 2 is 1.55 bits per heavy atom. The normalized spacial score (nSPS) is 12.2. The lowest BCUT2D eigenvalue weighted by atomic mass is 10.1. The number of amides is 2. The molecule has 0 heterocycles. The van der Waals surface area contributed by atoms with Gasteiger partial charge in [-0.1, -0.05) is 65.7 Å². The minimum atomic E-state index is -4.12. The predicted octanol–water partition coefficient (Wildman–Crippen LogP) is 5.44. The van der Waals surface area contributed by atoms with Crippen LogP contribution in [0.3, 0.4) is 0 Å². The number of rotatable bonds is 10. The van der Waals surface area contributed by atoms with Crippen molar-refractivity contribution in [3.8, 4) is 0 Å². The molecule has 3 rings (SSSR count). The smallest absolute Gasteiger partial charge is 0.264 e. The Kier molecular flexibility index (Phi) is 9.82. The molecule has 10 heteroatoms. The summed E-state index contributed by atoms with van der Waals surface area (Å²) >= 11 is 12.4. The van der Waals surface area contributed by atoms with Crippen molar-refractivity contribution >= 4 is 50.7 Å². The van der Waals surface area contributed by atoms with Crippen LogP contribution >= 0.6 is 23.2 Å². The van der Waals surface area contributed by atoms with Gasteiger partial charge in [0.2, 0.25) is 11.8 Å². The molecule has 38 heavy (non-hydrogen) atoms. The SMILES string of the molecule is Cc1ccccc1N(CC(=O)N(Cc1ccc(Cl)cc1Cl)[C@H](C)C(=O)NC(C)C)S(=O)(=O)c1ccccc1. The van der Waals surface area contributed by atoms with E-state index in [1.165, 1.54) is 17.0 Å². The quantitative estimate of drug-likeness (QED) is 0.348. The van der Waals surface area contributed by atoms with Crippen molar-refractivity contribution in [1.29, 1.82) is 0 Å². The molecule has 7 nitrogen and oxygen atoms in total. The summed E-state index contributed by atoms with van der Waals surface area (Å²) in [6.07, 6.45) is 0. The summed E-state index contributed by atoms with van der Waals surface area (Å²) in [4.78, 5) is 28.2. The third-order valence-corrected chi connectivity index (χ3v) is 8.31. The summed E-state index contributed by atoms with van der Waals surface area (Å²) in [7, 11) is -4.12. The Hall–Kier alpha value is -3.07. The van der Waals surface area contributed by atoms with Gasteiger partial charge in [-0.3, -0.25) is 13.9 Å². The number of para-hydroxylation sites is 1. The zero-order valence-electron chi connectivity index (χ0n) is 21.7. The van der Waals surface area contributed by atoms with Crippen LogP contribution in [0.1, 0.15) is 31.9 Å². The zero-order valence-corrected chi connectivity index (χ0v) is 24.0. The molecule has 0 radical (unpaired) electrons. The van der Waals surface area contributed by atoms with Crippen molar-refractivity contribution in [2.45, 2.75) is 51.2 Å². The molecule has 0 fully saturated rings. The maximum absolute atomic E-state index is 13.9. The molecule has 0 bridgehead atoms. The van der Waals surface area contributed by atoms with Gasteiger partial charge in [-0.25, -0.2) is 8.42 Å². The minimum absolute atomic E-state index is 0.0193. The fourth-order valence-electron chi connectivity index (χ4n) is 3.90. The number of aryl methyl sites for hydroxylation is 1. The van der Waals surface area contributed by atoms with E-state index in [1.807, 2.05) is 13.8 Å². The molecule has 0 unspecified atom stereocenters. The third kappa shape index (κ3) is 7.07. The van der Waals surface area contributed by atoms with E-state index in [-0.39, 0.29) is 23.4 Å². The standard InChI is InChI=1S/C28H31Cl2N3O4S/c1-19(2)31-28(35)21(4)32(17-22-14-15-23(29)16-25(22)30)27(34)18-33(26-13-9-8-10-20(26)3)38(36,37)24-11-6-5-7-12-24/h5-16,19,21H,17-18H2,1-4H3,(H,31,35)/t21-/m1/s1. The Morgan fingerprint density at radius 1 is 0.921 bits per heavy atom. The number of carbonyl (C=O) groups is 2. The highest BCUT2D eigenvalue weighted by Crippen LogP contribution is 2.28. The summed E-state index contributed by atoms with van der Waals surface area (Å²) in [6.45, 7) is 6.47. The first kappa shape index (κ1) is 29.5. The van der Waals surface area contributed by atoms with Gasteiger partial charge in [-0.05, 0) is 69.2 Å². The monoisotopic (exact) mass is 575 g/mol. The number of halogens is 2. The van der Waals surface area contributed by atoms with E-state index < -0.39 is 28.5 Å². The Bertz CT molecular complexity index is 1400. The first-order chi connectivity index (χ1) is 17.9. The second-order valence-electron chi connectivity index (χ2n) is 9.21.